The zero-order valence-corrected chi connectivity index (χ0v) is 13.5. The first-order chi connectivity index (χ1) is 10.1. The molecule has 0 aliphatic heterocycles. The van der Waals surface area contributed by atoms with Gasteiger partial charge in [-0.2, -0.15) is 0 Å². The molecule has 4 heteroatoms. The van der Waals surface area contributed by atoms with E-state index in [1.807, 2.05) is 25.1 Å². The first kappa shape index (κ1) is 15.7. The highest BCUT2D eigenvalue weighted by molar-refractivity contribution is 7.11. The maximum atomic E-state index is 11.8. The van der Waals surface area contributed by atoms with Crippen molar-refractivity contribution in [3.8, 4) is 0 Å². The number of nitrogens with one attached hydrogen (secondary N) is 1. The molecule has 0 aliphatic carbocycles. The Morgan fingerprint density at radius 1 is 1.19 bits per heavy atom. The Kier molecular flexibility index (Phi) is 5.93. The summed E-state index contributed by atoms with van der Waals surface area (Å²) >= 11 is 1.69. The molecule has 1 aromatic carbocycles. The minimum Gasteiger partial charge on any atom is -0.356 e. The maximum Gasteiger partial charge on any atom is 0.220 e. The van der Waals surface area contributed by atoms with Gasteiger partial charge in [0, 0.05) is 24.3 Å². The van der Waals surface area contributed by atoms with Crippen molar-refractivity contribution in [1.29, 1.82) is 0 Å². The SMILES string of the molecule is Cc1nc(CCC(=O)NCCCc2ccccc2)sc1C. The van der Waals surface area contributed by atoms with Crippen LogP contribution in [0.25, 0.3) is 0 Å². The normalized spacial score (nSPS) is 10.6. The molecule has 1 amide bonds. The Bertz CT molecular complexity index is 558. The number of aromatic nitrogens is 1. The fourth-order valence-corrected chi connectivity index (χ4v) is 3.05. The number of benzene rings is 1. The summed E-state index contributed by atoms with van der Waals surface area (Å²) in [5, 5.41) is 4.04. The largest absolute Gasteiger partial charge is 0.356 e. The molecule has 0 saturated carbocycles. The van der Waals surface area contributed by atoms with Crippen molar-refractivity contribution in [2.75, 3.05) is 6.54 Å². The molecule has 1 aromatic heterocycles. The first-order valence-electron chi connectivity index (χ1n) is 7.38. The van der Waals surface area contributed by atoms with Crippen molar-refractivity contribution in [2.24, 2.45) is 0 Å². The summed E-state index contributed by atoms with van der Waals surface area (Å²) in [6, 6.07) is 10.4. The third kappa shape index (κ3) is 5.31. The molecule has 0 saturated heterocycles. The van der Waals surface area contributed by atoms with Crippen molar-refractivity contribution < 1.29 is 4.79 Å². The number of amides is 1. The average Bonchev–Trinajstić information content (AvgIpc) is 2.81. The number of nitrogens with zero attached hydrogens (tertiary/aromatic N) is 1. The highest BCUT2D eigenvalue weighted by Gasteiger charge is 2.06. The van der Waals surface area contributed by atoms with Crippen LogP contribution in [-0.2, 0) is 17.6 Å². The fourth-order valence-electron chi connectivity index (χ4n) is 2.12. The van der Waals surface area contributed by atoms with Gasteiger partial charge in [0.25, 0.3) is 0 Å². The molecule has 0 bridgehead atoms. The summed E-state index contributed by atoms with van der Waals surface area (Å²) in [6.45, 7) is 4.82. The quantitative estimate of drug-likeness (QED) is 0.796. The Hall–Kier alpha value is -1.68. The van der Waals surface area contributed by atoms with E-state index in [9.17, 15) is 4.79 Å². The number of thiazole rings is 1. The van der Waals surface area contributed by atoms with Crippen molar-refractivity contribution in [2.45, 2.75) is 39.5 Å². The van der Waals surface area contributed by atoms with Gasteiger partial charge in [-0.25, -0.2) is 4.98 Å². The van der Waals surface area contributed by atoms with Gasteiger partial charge in [-0.3, -0.25) is 4.79 Å². The fraction of sp³-hybridized carbons (Fsp3) is 0.412. The molecule has 2 aromatic rings. The summed E-state index contributed by atoms with van der Waals surface area (Å²) in [4.78, 5) is 17.5. The van der Waals surface area contributed by atoms with Crippen LogP contribution in [0.4, 0.5) is 0 Å². The monoisotopic (exact) mass is 302 g/mol. The maximum absolute atomic E-state index is 11.8. The van der Waals surface area contributed by atoms with Crippen molar-refractivity contribution in [1.82, 2.24) is 10.3 Å². The van der Waals surface area contributed by atoms with E-state index >= 15 is 0 Å². The number of hydrogen-bond donors (Lipinski definition) is 1. The van der Waals surface area contributed by atoms with Gasteiger partial charge < -0.3 is 5.32 Å². The Balaban J connectivity index is 1.61. The lowest BCUT2D eigenvalue weighted by Crippen LogP contribution is -2.24. The molecular formula is C17H22N2OS. The summed E-state index contributed by atoms with van der Waals surface area (Å²) < 4.78 is 0. The van der Waals surface area contributed by atoms with Crippen LogP contribution in [0.5, 0.6) is 0 Å². The van der Waals surface area contributed by atoms with Crippen LogP contribution in [0, 0.1) is 13.8 Å². The second kappa shape index (κ2) is 7.93. The molecule has 112 valence electrons. The van der Waals surface area contributed by atoms with Gasteiger partial charge >= 0.3 is 0 Å². The molecule has 0 unspecified atom stereocenters. The third-order valence-electron chi connectivity index (χ3n) is 3.45. The van der Waals surface area contributed by atoms with E-state index in [0.29, 0.717) is 6.42 Å². The van der Waals surface area contributed by atoms with Crippen LogP contribution in [-0.4, -0.2) is 17.4 Å². The molecule has 0 radical (unpaired) electrons. The number of carbonyl (C=O) groups excluding carboxylic acids is 1. The van der Waals surface area contributed by atoms with Gasteiger partial charge in [-0.1, -0.05) is 30.3 Å². The molecule has 0 atom stereocenters. The molecule has 0 spiro atoms. The topological polar surface area (TPSA) is 42.0 Å². The summed E-state index contributed by atoms with van der Waals surface area (Å²) in [7, 11) is 0. The average molecular weight is 302 g/mol. The molecular weight excluding hydrogens is 280 g/mol. The predicted octanol–water partition coefficient (Wildman–Crippen LogP) is 3.44. The second-order valence-corrected chi connectivity index (χ2v) is 6.48. The van der Waals surface area contributed by atoms with E-state index in [1.165, 1.54) is 10.4 Å². The molecule has 3 nitrogen and oxygen atoms in total. The molecule has 1 N–H and O–H groups in total. The Labute approximate surface area is 130 Å². The molecule has 0 fully saturated rings. The van der Waals surface area contributed by atoms with Crippen molar-refractivity contribution in [3.63, 3.8) is 0 Å². The van der Waals surface area contributed by atoms with E-state index in [-0.39, 0.29) is 5.91 Å². The van der Waals surface area contributed by atoms with Crippen LogP contribution >= 0.6 is 11.3 Å². The van der Waals surface area contributed by atoms with E-state index < -0.39 is 0 Å². The van der Waals surface area contributed by atoms with Gasteiger partial charge in [0.2, 0.25) is 5.91 Å². The number of aryl methyl sites for hydroxylation is 4. The zero-order valence-electron chi connectivity index (χ0n) is 12.7. The van der Waals surface area contributed by atoms with Gasteiger partial charge in [0.05, 0.1) is 10.7 Å². The highest BCUT2D eigenvalue weighted by Crippen LogP contribution is 2.17. The lowest BCUT2D eigenvalue weighted by Gasteiger charge is -2.04. The number of rotatable bonds is 7. The standard InChI is InChI=1S/C17H22N2OS/c1-13-14(2)21-17(19-13)11-10-16(20)18-12-6-9-15-7-4-3-5-8-15/h3-5,7-8H,6,9-12H2,1-2H3,(H,18,20). The van der Waals surface area contributed by atoms with Crippen molar-refractivity contribution >= 4 is 17.2 Å². The summed E-state index contributed by atoms with van der Waals surface area (Å²) in [5.41, 5.74) is 2.40. The third-order valence-corrected chi connectivity index (χ3v) is 4.58. The second-order valence-electron chi connectivity index (χ2n) is 5.19. The van der Waals surface area contributed by atoms with Gasteiger partial charge in [-0.15, -0.1) is 11.3 Å². The van der Waals surface area contributed by atoms with E-state index in [0.717, 1.165) is 36.5 Å². The minimum atomic E-state index is 0.119. The van der Waals surface area contributed by atoms with Gasteiger partial charge in [0.1, 0.15) is 0 Å². The number of carbonyl (C=O) groups is 1. The molecule has 2 rings (SSSR count). The van der Waals surface area contributed by atoms with Crippen molar-refractivity contribution in [3.05, 3.63) is 51.5 Å². The van der Waals surface area contributed by atoms with E-state index in [2.05, 4.69) is 29.4 Å². The van der Waals surface area contributed by atoms with E-state index in [1.54, 1.807) is 11.3 Å². The summed E-state index contributed by atoms with van der Waals surface area (Å²) in [5.74, 6) is 0.119. The van der Waals surface area contributed by atoms with Crippen LogP contribution in [0.2, 0.25) is 0 Å². The minimum absolute atomic E-state index is 0.119. The van der Waals surface area contributed by atoms with Crippen LogP contribution in [0.3, 0.4) is 0 Å². The van der Waals surface area contributed by atoms with Gasteiger partial charge in [-0.05, 0) is 32.3 Å². The van der Waals surface area contributed by atoms with Crippen LogP contribution in [0.15, 0.2) is 30.3 Å². The Morgan fingerprint density at radius 2 is 1.95 bits per heavy atom. The lowest BCUT2D eigenvalue weighted by molar-refractivity contribution is -0.121. The smallest absolute Gasteiger partial charge is 0.220 e. The van der Waals surface area contributed by atoms with Gasteiger partial charge in [0.15, 0.2) is 0 Å². The van der Waals surface area contributed by atoms with E-state index in [4.69, 9.17) is 0 Å². The molecule has 1 heterocycles. The molecule has 0 aliphatic rings. The highest BCUT2D eigenvalue weighted by atomic mass is 32.1. The van der Waals surface area contributed by atoms with Crippen LogP contribution < -0.4 is 5.32 Å². The molecule has 21 heavy (non-hydrogen) atoms. The number of hydrogen-bond acceptors (Lipinski definition) is 3. The lowest BCUT2D eigenvalue weighted by atomic mass is 10.1. The predicted molar refractivity (Wildman–Crippen MR) is 87.7 cm³/mol. The zero-order chi connectivity index (χ0) is 15.1. The Morgan fingerprint density at radius 3 is 2.62 bits per heavy atom. The first-order valence-corrected chi connectivity index (χ1v) is 8.20. The van der Waals surface area contributed by atoms with Crippen LogP contribution in [0.1, 0.15) is 34.0 Å². The summed E-state index contributed by atoms with van der Waals surface area (Å²) in [6.07, 6.45) is 3.25.